The molecule has 0 radical (unpaired) electrons. The zero-order chi connectivity index (χ0) is 16.8. The van der Waals surface area contributed by atoms with Crippen LogP contribution in [-0.2, 0) is 11.3 Å². The first-order valence-electron chi connectivity index (χ1n) is 7.35. The molecule has 5 heteroatoms. The molecule has 0 spiro atoms. The molecule has 0 amide bonds. The molecule has 0 bridgehead atoms. The number of methoxy groups -OCH3 is 1. The van der Waals surface area contributed by atoms with Crippen LogP contribution in [0, 0.1) is 0 Å². The number of nitrogens with one attached hydrogen (secondary N) is 1. The van der Waals surface area contributed by atoms with Crippen LogP contribution < -0.4 is 5.32 Å². The summed E-state index contributed by atoms with van der Waals surface area (Å²) >= 11 is 5.92. The number of benzene rings is 2. The van der Waals surface area contributed by atoms with E-state index in [0.717, 1.165) is 11.1 Å². The molecule has 0 aromatic heterocycles. The zero-order valence-electron chi connectivity index (χ0n) is 13.1. The fourth-order valence-corrected chi connectivity index (χ4v) is 2.61. The second-order valence-corrected chi connectivity index (χ2v) is 5.82. The van der Waals surface area contributed by atoms with Crippen LogP contribution in [0.2, 0.25) is 5.02 Å². The Kier molecular flexibility index (Phi) is 6.16. The predicted octanol–water partition coefficient (Wildman–Crippen LogP) is 3.90. The van der Waals surface area contributed by atoms with E-state index in [9.17, 15) is 4.79 Å². The molecular formula is C18H20ClNO3. The molecule has 122 valence electrons. The van der Waals surface area contributed by atoms with Gasteiger partial charge in [0.2, 0.25) is 0 Å². The highest BCUT2D eigenvalue weighted by Gasteiger charge is 2.18. The molecule has 0 fully saturated rings. The maximum absolute atomic E-state index is 11.0. The van der Waals surface area contributed by atoms with Crippen LogP contribution in [0.15, 0.2) is 48.5 Å². The Morgan fingerprint density at radius 1 is 1.26 bits per heavy atom. The molecule has 2 aromatic carbocycles. The van der Waals surface area contributed by atoms with Gasteiger partial charge in [0.05, 0.1) is 11.7 Å². The van der Waals surface area contributed by atoms with Gasteiger partial charge in [-0.1, -0.05) is 35.9 Å². The minimum Gasteiger partial charge on any atom is -0.478 e. The van der Waals surface area contributed by atoms with Gasteiger partial charge in [0.1, 0.15) is 0 Å². The third kappa shape index (κ3) is 4.79. The van der Waals surface area contributed by atoms with Gasteiger partial charge in [0.15, 0.2) is 0 Å². The molecule has 2 aromatic rings. The lowest BCUT2D eigenvalue weighted by molar-refractivity contribution is 0.0696. The van der Waals surface area contributed by atoms with Crippen molar-refractivity contribution >= 4 is 17.6 Å². The average Bonchev–Trinajstić information content (AvgIpc) is 2.55. The molecule has 0 aliphatic rings. The van der Waals surface area contributed by atoms with Gasteiger partial charge in [0.25, 0.3) is 0 Å². The quantitative estimate of drug-likeness (QED) is 0.806. The van der Waals surface area contributed by atoms with Crippen molar-refractivity contribution in [2.75, 3.05) is 7.11 Å². The van der Waals surface area contributed by atoms with Crippen LogP contribution >= 0.6 is 11.6 Å². The molecule has 2 N–H and O–H groups in total. The lowest BCUT2D eigenvalue weighted by Gasteiger charge is -2.24. The van der Waals surface area contributed by atoms with E-state index >= 15 is 0 Å². The summed E-state index contributed by atoms with van der Waals surface area (Å²) in [4.78, 5) is 11.0. The first-order chi connectivity index (χ1) is 11.0. The fourth-order valence-electron chi connectivity index (χ4n) is 2.48. The van der Waals surface area contributed by atoms with Crippen molar-refractivity contribution in [2.24, 2.45) is 0 Å². The molecule has 2 unspecified atom stereocenters. The maximum Gasteiger partial charge on any atom is 0.335 e. The molecule has 4 nitrogen and oxygen atoms in total. The SMILES string of the molecule is COC(c1ccc(Cl)cc1)C(C)NCc1cccc(C(=O)O)c1. The van der Waals surface area contributed by atoms with E-state index in [1.165, 1.54) is 0 Å². The number of halogens is 1. The molecule has 0 heterocycles. The molecule has 0 aliphatic carbocycles. The van der Waals surface area contributed by atoms with Gasteiger partial charge in [-0.25, -0.2) is 4.79 Å². The summed E-state index contributed by atoms with van der Waals surface area (Å²) in [5.74, 6) is -0.921. The highest BCUT2D eigenvalue weighted by Crippen LogP contribution is 2.22. The normalized spacial score (nSPS) is 13.5. The number of hydrogen-bond acceptors (Lipinski definition) is 3. The lowest BCUT2D eigenvalue weighted by Crippen LogP contribution is -2.32. The second kappa shape index (κ2) is 8.11. The summed E-state index contributed by atoms with van der Waals surface area (Å²) < 4.78 is 5.59. The summed E-state index contributed by atoms with van der Waals surface area (Å²) in [6.07, 6.45) is -0.116. The number of ether oxygens (including phenoxy) is 1. The summed E-state index contributed by atoms with van der Waals surface area (Å²) in [6.45, 7) is 2.60. The minimum atomic E-state index is -0.921. The molecule has 2 rings (SSSR count). The van der Waals surface area contributed by atoms with E-state index in [2.05, 4.69) is 5.32 Å². The molecule has 0 saturated heterocycles. The third-order valence-corrected chi connectivity index (χ3v) is 3.96. The number of carboxylic acids is 1. The highest BCUT2D eigenvalue weighted by molar-refractivity contribution is 6.30. The van der Waals surface area contributed by atoms with E-state index in [1.807, 2.05) is 37.3 Å². The Morgan fingerprint density at radius 3 is 2.57 bits per heavy atom. The van der Waals surface area contributed by atoms with Crippen molar-refractivity contribution < 1.29 is 14.6 Å². The van der Waals surface area contributed by atoms with E-state index in [-0.39, 0.29) is 17.7 Å². The van der Waals surface area contributed by atoms with Crippen LogP contribution in [0.1, 0.15) is 34.5 Å². The Hall–Kier alpha value is -1.88. The molecular weight excluding hydrogens is 314 g/mol. The predicted molar refractivity (Wildman–Crippen MR) is 90.9 cm³/mol. The molecule has 0 aliphatic heterocycles. The largest absolute Gasteiger partial charge is 0.478 e. The van der Waals surface area contributed by atoms with Crippen molar-refractivity contribution in [1.82, 2.24) is 5.32 Å². The Bertz CT molecular complexity index is 658. The van der Waals surface area contributed by atoms with Gasteiger partial charge in [-0.2, -0.15) is 0 Å². The van der Waals surface area contributed by atoms with E-state index in [1.54, 1.807) is 25.3 Å². The Labute approximate surface area is 141 Å². The summed E-state index contributed by atoms with van der Waals surface area (Å²) in [5.41, 5.74) is 2.25. The number of carbonyl (C=O) groups is 1. The van der Waals surface area contributed by atoms with Gasteiger partial charge >= 0.3 is 5.97 Å². The number of aromatic carboxylic acids is 1. The van der Waals surface area contributed by atoms with Gasteiger partial charge < -0.3 is 15.2 Å². The van der Waals surface area contributed by atoms with Crippen LogP contribution in [-0.4, -0.2) is 24.2 Å². The first-order valence-corrected chi connectivity index (χ1v) is 7.73. The van der Waals surface area contributed by atoms with Crippen molar-refractivity contribution in [1.29, 1.82) is 0 Å². The number of hydrogen-bond donors (Lipinski definition) is 2. The summed E-state index contributed by atoms with van der Waals surface area (Å²) in [7, 11) is 1.67. The van der Waals surface area contributed by atoms with Crippen molar-refractivity contribution in [3.8, 4) is 0 Å². The lowest BCUT2D eigenvalue weighted by atomic mass is 10.0. The molecule has 2 atom stereocenters. The van der Waals surface area contributed by atoms with E-state index < -0.39 is 5.97 Å². The van der Waals surface area contributed by atoms with Gasteiger partial charge in [-0.05, 0) is 42.3 Å². The maximum atomic E-state index is 11.0. The zero-order valence-corrected chi connectivity index (χ0v) is 13.9. The highest BCUT2D eigenvalue weighted by atomic mass is 35.5. The summed E-state index contributed by atoms with van der Waals surface area (Å²) in [5, 5.41) is 13.1. The van der Waals surface area contributed by atoms with Crippen molar-refractivity contribution in [2.45, 2.75) is 25.6 Å². The fraction of sp³-hybridized carbons (Fsp3) is 0.278. The second-order valence-electron chi connectivity index (χ2n) is 5.38. The van der Waals surface area contributed by atoms with Crippen LogP contribution in [0.5, 0.6) is 0 Å². The molecule has 0 saturated carbocycles. The van der Waals surface area contributed by atoms with E-state index in [4.69, 9.17) is 21.4 Å². The van der Waals surface area contributed by atoms with Gasteiger partial charge in [-0.15, -0.1) is 0 Å². The van der Waals surface area contributed by atoms with Crippen molar-refractivity contribution in [3.63, 3.8) is 0 Å². The first kappa shape index (κ1) is 17.5. The Balaban J connectivity index is 2.02. The Morgan fingerprint density at radius 2 is 1.96 bits per heavy atom. The number of carboxylic acid groups (broad SMARTS) is 1. The van der Waals surface area contributed by atoms with Gasteiger partial charge in [0, 0.05) is 24.7 Å². The topological polar surface area (TPSA) is 58.6 Å². The van der Waals surface area contributed by atoms with Crippen LogP contribution in [0.3, 0.4) is 0 Å². The monoisotopic (exact) mass is 333 g/mol. The third-order valence-electron chi connectivity index (χ3n) is 3.71. The number of rotatable bonds is 7. The van der Waals surface area contributed by atoms with Crippen LogP contribution in [0.4, 0.5) is 0 Å². The minimum absolute atomic E-state index is 0.0506. The average molecular weight is 334 g/mol. The smallest absolute Gasteiger partial charge is 0.335 e. The molecule has 23 heavy (non-hydrogen) atoms. The summed E-state index contributed by atoms with van der Waals surface area (Å²) in [6, 6.07) is 14.5. The van der Waals surface area contributed by atoms with Crippen LogP contribution in [0.25, 0.3) is 0 Å². The van der Waals surface area contributed by atoms with Gasteiger partial charge in [-0.3, -0.25) is 0 Å². The van der Waals surface area contributed by atoms with E-state index in [0.29, 0.717) is 11.6 Å². The van der Waals surface area contributed by atoms with Crippen molar-refractivity contribution in [3.05, 3.63) is 70.2 Å². The standard InChI is InChI=1S/C18H20ClNO3/c1-12(17(23-2)14-6-8-16(19)9-7-14)20-11-13-4-3-5-15(10-13)18(21)22/h3-10,12,17,20H,11H2,1-2H3,(H,21,22).